The van der Waals surface area contributed by atoms with Crippen LogP contribution in [0, 0.1) is 5.92 Å². The molecule has 0 aliphatic carbocycles. The SMILES string of the molecule is C.CCOC(=O)[C@H](C)C[C@H](N)Cc1ccc(-c2ccccc2)cc1. The minimum absolute atomic E-state index is 0. The van der Waals surface area contributed by atoms with Crippen molar-refractivity contribution in [3.05, 3.63) is 60.2 Å². The van der Waals surface area contributed by atoms with Crippen molar-refractivity contribution in [1.29, 1.82) is 0 Å². The van der Waals surface area contributed by atoms with Crippen LogP contribution in [0.5, 0.6) is 0 Å². The lowest BCUT2D eigenvalue weighted by molar-refractivity contribution is -0.147. The van der Waals surface area contributed by atoms with E-state index in [1.165, 1.54) is 16.7 Å². The maximum absolute atomic E-state index is 11.7. The fourth-order valence-corrected chi connectivity index (χ4v) is 2.68. The first kappa shape index (κ1) is 19.9. The molecular weight excluding hydrogens is 298 g/mol. The predicted molar refractivity (Wildman–Crippen MR) is 101 cm³/mol. The van der Waals surface area contributed by atoms with Crippen LogP contribution in [-0.2, 0) is 16.0 Å². The van der Waals surface area contributed by atoms with Gasteiger partial charge in [-0.1, -0.05) is 68.9 Å². The molecule has 3 nitrogen and oxygen atoms in total. The van der Waals surface area contributed by atoms with Gasteiger partial charge in [0, 0.05) is 6.04 Å². The molecule has 0 fully saturated rings. The summed E-state index contributed by atoms with van der Waals surface area (Å²) in [4.78, 5) is 11.7. The van der Waals surface area contributed by atoms with E-state index in [1.807, 2.05) is 32.0 Å². The Morgan fingerprint density at radius 1 is 1.04 bits per heavy atom. The van der Waals surface area contributed by atoms with Crippen LogP contribution in [0.2, 0.25) is 0 Å². The normalized spacial score (nSPS) is 12.8. The highest BCUT2D eigenvalue weighted by Gasteiger charge is 2.17. The Bertz CT molecular complexity index is 607. The fraction of sp³-hybridized carbons (Fsp3) is 0.381. The summed E-state index contributed by atoms with van der Waals surface area (Å²) >= 11 is 0. The van der Waals surface area contributed by atoms with Crippen LogP contribution in [0.25, 0.3) is 11.1 Å². The molecular formula is C21H29NO2. The van der Waals surface area contributed by atoms with Gasteiger partial charge in [0.25, 0.3) is 0 Å². The number of hydrogen-bond donors (Lipinski definition) is 1. The second-order valence-corrected chi connectivity index (χ2v) is 5.92. The maximum Gasteiger partial charge on any atom is 0.308 e. The van der Waals surface area contributed by atoms with E-state index >= 15 is 0 Å². The Balaban J connectivity index is 0.00000288. The van der Waals surface area contributed by atoms with Gasteiger partial charge in [-0.3, -0.25) is 4.79 Å². The van der Waals surface area contributed by atoms with E-state index in [1.54, 1.807) is 0 Å². The van der Waals surface area contributed by atoms with Crippen molar-refractivity contribution in [3.63, 3.8) is 0 Å². The van der Waals surface area contributed by atoms with E-state index in [2.05, 4.69) is 36.4 Å². The van der Waals surface area contributed by atoms with Crippen LogP contribution in [0.4, 0.5) is 0 Å². The van der Waals surface area contributed by atoms with E-state index in [0.29, 0.717) is 13.0 Å². The van der Waals surface area contributed by atoms with Crippen molar-refractivity contribution in [3.8, 4) is 11.1 Å². The van der Waals surface area contributed by atoms with E-state index in [-0.39, 0.29) is 25.4 Å². The monoisotopic (exact) mass is 327 g/mol. The van der Waals surface area contributed by atoms with Crippen LogP contribution < -0.4 is 5.73 Å². The van der Waals surface area contributed by atoms with Gasteiger partial charge in [-0.05, 0) is 36.5 Å². The summed E-state index contributed by atoms with van der Waals surface area (Å²) in [6.07, 6.45) is 1.40. The van der Waals surface area contributed by atoms with Gasteiger partial charge < -0.3 is 10.5 Å². The topological polar surface area (TPSA) is 52.3 Å². The second-order valence-electron chi connectivity index (χ2n) is 5.92. The third kappa shape index (κ3) is 5.82. The zero-order chi connectivity index (χ0) is 16.7. The average Bonchev–Trinajstić information content (AvgIpc) is 2.56. The van der Waals surface area contributed by atoms with Gasteiger partial charge in [0.15, 0.2) is 0 Å². The number of carbonyl (C=O) groups excluding carboxylic acids is 1. The van der Waals surface area contributed by atoms with Crippen molar-refractivity contribution >= 4 is 5.97 Å². The molecule has 0 saturated heterocycles. The average molecular weight is 327 g/mol. The number of esters is 1. The van der Waals surface area contributed by atoms with Crippen LogP contribution in [0.1, 0.15) is 33.3 Å². The van der Waals surface area contributed by atoms with E-state index < -0.39 is 0 Å². The third-order valence-corrected chi connectivity index (χ3v) is 3.90. The number of carbonyl (C=O) groups is 1. The van der Waals surface area contributed by atoms with Crippen molar-refractivity contribution in [2.75, 3.05) is 6.61 Å². The summed E-state index contributed by atoms with van der Waals surface area (Å²) in [5.74, 6) is -0.323. The zero-order valence-corrected chi connectivity index (χ0v) is 13.9. The van der Waals surface area contributed by atoms with E-state index in [4.69, 9.17) is 10.5 Å². The molecule has 3 heteroatoms. The molecule has 0 spiro atoms. The first-order chi connectivity index (χ1) is 11.1. The predicted octanol–water partition coefficient (Wildman–Crippen LogP) is 4.45. The van der Waals surface area contributed by atoms with Gasteiger partial charge in [-0.15, -0.1) is 0 Å². The lowest BCUT2D eigenvalue weighted by Crippen LogP contribution is -2.29. The number of benzene rings is 2. The van der Waals surface area contributed by atoms with E-state index in [9.17, 15) is 4.79 Å². The highest BCUT2D eigenvalue weighted by molar-refractivity contribution is 5.72. The summed E-state index contributed by atoms with van der Waals surface area (Å²) in [7, 11) is 0. The quantitative estimate of drug-likeness (QED) is 0.764. The lowest BCUT2D eigenvalue weighted by atomic mass is 9.95. The second kappa shape index (κ2) is 9.89. The molecule has 2 rings (SSSR count). The molecule has 0 unspecified atom stereocenters. The van der Waals surface area contributed by atoms with Crippen molar-refractivity contribution in [1.82, 2.24) is 0 Å². The molecule has 0 aromatic heterocycles. The summed E-state index contributed by atoms with van der Waals surface area (Å²) in [6, 6.07) is 18.7. The summed E-state index contributed by atoms with van der Waals surface area (Å²) in [5, 5.41) is 0. The van der Waals surface area contributed by atoms with Crippen molar-refractivity contribution in [2.45, 2.75) is 40.2 Å². The molecule has 0 aliphatic heterocycles. The van der Waals surface area contributed by atoms with Crippen LogP contribution in [0.3, 0.4) is 0 Å². The molecule has 0 saturated carbocycles. The summed E-state index contributed by atoms with van der Waals surface area (Å²) in [6.45, 7) is 4.11. The zero-order valence-electron chi connectivity index (χ0n) is 13.9. The summed E-state index contributed by atoms with van der Waals surface area (Å²) < 4.78 is 5.02. The Kier molecular flexibility index (Phi) is 8.20. The smallest absolute Gasteiger partial charge is 0.308 e. The van der Waals surface area contributed by atoms with Gasteiger partial charge in [0.05, 0.1) is 12.5 Å². The number of hydrogen-bond acceptors (Lipinski definition) is 3. The Morgan fingerprint density at radius 2 is 1.62 bits per heavy atom. The van der Waals surface area contributed by atoms with Crippen molar-refractivity contribution < 1.29 is 9.53 Å². The van der Waals surface area contributed by atoms with Gasteiger partial charge in [-0.25, -0.2) is 0 Å². The molecule has 130 valence electrons. The molecule has 2 aromatic rings. The first-order valence-electron chi connectivity index (χ1n) is 8.16. The maximum atomic E-state index is 11.7. The summed E-state index contributed by atoms with van der Waals surface area (Å²) in [5.41, 5.74) is 9.77. The molecule has 24 heavy (non-hydrogen) atoms. The van der Waals surface area contributed by atoms with Gasteiger partial charge in [0.1, 0.15) is 0 Å². The highest BCUT2D eigenvalue weighted by atomic mass is 16.5. The Labute approximate surface area is 145 Å². The molecule has 2 atom stereocenters. The first-order valence-corrected chi connectivity index (χ1v) is 8.16. The van der Waals surface area contributed by atoms with Crippen LogP contribution in [0.15, 0.2) is 54.6 Å². The van der Waals surface area contributed by atoms with Crippen LogP contribution >= 0.6 is 0 Å². The van der Waals surface area contributed by atoms with Gasteiger partial charge >= 0.3 is 5.97 Å². The number of ether oxygens (including phenoxy) is 1. The van der Waals surface area contributed by atoms with Crippen molar-refractivity contribution in [2.24, 2.45) is 11.7 Å². The minimum Gasteiger partial charge on any atom is -0.466 e. The Hall–Kier alpha value is -2.13. The molecule has 2 aromatic carbocycles. The van der Waals surface area contributed by atoms with Gasteiger partial charge in [0.2, 0.25) is 0 Å². The highest BCUT2D eigenvalue weighted by Crippen LogP contribution is 2.20. The largest absolute Gasteiger partial charge is 0.466 e. The molecule has 0 amide bonds. The molecule has 2 N–H and O–H groups in total. The van der Waals surface area contributed by atoms with E-state index in [0.717, 1.165) is 6.42 Å². The fourth-order valence-electron chi connectivity index (χ4n) is 2.68. The molecule has 0 aliphatic rings. The van der Waals surface area contributed by atoms with Crippen LogP contribution in [-0.4, -0.2) is 18.6 Å². The number of nitrogens with two attached hydrogens (primary N) is 1. The number of rotatable bonds is 7. The Morgan fingerprint density at radius 3 is 2.21 bits per heavy atom. The molecule has 0 heterocycles. The minimum atomic E-state index is -0.164. The lowest BCUT2D eigenvalue weighted by Gasteiger charge is -2.16. The molecule has 0 bridgehead atoms. The standard InChI is InChI=1S/C20H25NO2.CH4/c1-3-23-20(22)15(2)13-19(21)14-16-9-11-18(12-10-16)17-7-5-4-6-8-17;/h4-12,15,19H,3,13-14,21H2,1-2H3;1H4/t15-,19+;/m1./s1. The molecule has 0 radical (unpaired) electrons. The third-order valence-electron chi connectivity index (χ3n) is 3.90. The van der Waals surface area contributed by atoms with Gasteiger partial charge in [-0.2, -0.15) is 0 Å².